The van der Waals surface area contributed by atoms with Gasteiger partial charge in [0.15, 0.2) is 0 Å². The number of hydrogen-bond acceptors (Lipinski definition) is 4. The highest BCUT2D eigenvalue weighted by atomic mass is 16.6. The summed E-state index contributed by atoms with van der Waals surface area (Å²) in [4.78, 5) is 11.6. The maximum Gasteiger partial charge on any atom is 0.305 e. The molecule has 148 valence electrons. The lowest BCUT2D eigenvalue weighted by Crippen LogP contribution is -2.13. The number of carbonyl (C=O) groups excluding carboxylic acids is 1. The maximum atomic E-state index is 11.6. The van der Waals surface area contributed by atoms with Crippen molar-refractivity contribution >= 4 is 5.97 Å². The molecule has 0 radical (unpaired) electrons. The minimum Gasteiger partial charge on any atom is -0.491 e. The van der Waals surface area contributed by atoms with Gasteiger partial charge in [-0.3, -0.25) is 4.79 Å². The minimum atomic E-state index is -0.114. The Labute approximate surface area is 159 Å². The van der Waals surface area contributed by atoms with E-state index in [1.807, 2.05) is 30.3 Å². The van der Waals surface area contributed by atoms with Crippen LogP contribution in [0.3, 0.4) is 0 Å². The molecule has 0 aliphatic rings. The van der Waals surface area contributed by atoms with E-state index in [4.69, 9.17) is 14.2 Å². The first-order valence-corrected chi connectivity index (χ1v) is 10.2. The van der Waals surface area contributed by atoms with Gasteiger partial charge in [0.25, 0.3) is 0 Å². The molecule has 0 aliphatic carbocycles. The van der Waals surface area contributed by atoms with Gasteiger partial charge in [-0.25, -0.2) is 0 Å². The van der Waals surface area contributed by atoms with Crippen molar-refractivity contribution in [2.24, 2.45) is 0 Å². The molecule has 26 heavy (non-hydrogen) atoms. The monoisotopic (exact) mass is 364 g/mol. The first-order valence-electron chi connectivity index (χ1n) is 10.2. The lowest BCUT2D eigenvalue weighted by atomic mass is 10.1. The third-order valence-corrected chi connectivity index (χ3v) is 4.21. The van der Waals surface area contributed by atoms with Gasteiger partial charge in [-0.1, -0.05) is 76.5 Å². The second-order valence-electron chi connectivity index (χ2n) is 6.57. The van der Waals surface area contributed by atoms with Gasteiger partial charge in [0.1, 0.15) is 19.0 Å². The fourth-order valence-electron chi connectivity index (χ4n) is 2.70. The molecular weight excluding hydrogens is 328 g/mol. The highest BCUT2D eigenvalue weighted by Crippen LogP contribution is 2.11. The highest BCUT2D eigenvalue weighted by Gasteiger charge is 2.02. The molecule has 0 aliphatic heterocycles. The fourth-order valence-corrected chi connectivity index (χ4v) is 2.70. The van der Waals surface area contributed by atoms with E-state index in [1.54, 1.807) is 0 Å². The SMILES string of the molecule is CCCCCCCCCCCC(=O)OCCOCCOc1ccccc1. The smallest absolute Gasteiger partial charge is 0.305 e. The molecule has 0 bridgehead atoms. The van der Waals surface area contributed by atoms with Crippen LogP contribution in [0.4, 0.5) is 0 Å². The van der Waals surface area contributed by atoms with Crippen LogP contribution in [-0.2, 0) is 14.3 Å². The highest BCUT2D eigenvalue weighted by molar-refractivity contribution is 5.69. The summed E-state index contributed by atoms with van der Waals surface area (Å²) < 4.78 is 16.1. The predicted molar refractivity (Wildman–Crippen MR) is 106 cm³/mol. The van der Waals surface area contributed by atoms with Gasteiger partial charge in [-0.05, 0) is 18.6 Å². The second kappa shape index (κ2) is 16.9. The molecule has 0 saturated carbocycles. The van der Waals surface area contributed by atoms with E-state index in [1.165, 1.54) is 44.9 Å². The van der Waals surface area contributed by atoms with Crippen molar-refractivity contribution in [1.82, 2.24) is 0 Å². The van der Waals surface area contributed by atoms with Crippen molar-refractivity contribution in [3.8, 4) is 5.75 Å². The molecule has 1 aromatic rings. The van der Waals surface area contributed by atoms with Gasteiger partial charge >= 0.3 is 5.97 Å². The summed E-state index contributed by atoms with van der Waals surface area (Å²) in [7, 11) is 0. The molecule has 0 fully saturated rings. The molecule has 0 amide bonds. The lowest BCUT2D eigenvalue weighted by Gasteiger charge is -2.08. The van der Waals surface area contributed by atoms with Crippen LogP contribution >= 0.6 is 0 Å². The van der Waals surface area contributed by atoms with Crippen LogP contribution in [0.2, 0.25) is 0 Å². The Kier molecular flexibility index (Phi) is 14.6. The minimum absolute atomic E-state index is 0.114. The second-order valence-corrected chi connectivity index (χ2v) is 6.57. The van der Waals surface area contributed by atoms with Crippen LogP contribution in [0.25, 0.3) is 0 Å². The Morgan fingerprint density at radius 3 is 2.08 bits per heavy atom. The molecule has 1 rings (SSSR count). The number of carbonyl (C=O) groups is 1. The van der Waals surface area contributed by atoms with E-state index in [0.29, 0.717) is 32.8 Å². The van der Waals surface area contributed by atoms with Crippen molar-refractivity contribution in [2.75, 3.05) is 26.4 Å². The van der Waals surface area contributed by atoms with Gasteiger partial charge < -0.3 is 14.2 Å². The molecule has 4 nitrogen and oxygen atoms in total. The average Bonchev–Trinajstić information content (AvgIpc) is 2.67. The molecule has 1 aromatic carbocycles. The molecule has 0 N–H and O–H groups in total. The number of unbranched alkanes of at least 4 members (excludes halogenated alkanes) is 8. The van der Waals surface area contributed by atoms with Crippen molar-refractivity contribution in [1.29, 1.82) is 0 Å². The van der Waals surface area contributed by atoms with E-state index in [2.05, 4.69) is 6.92 Å². The summed E-state index contributed by atoms with van der Waals surface area (Å²) in [5, 5.41) is 0. The third-order valence-electron chi connectivity index (χ3n) is 4.21. The normalized spacial score (nSPS) is 10.7. The zero-order chi connectivity index (χ0) is 18.7. The molecule has 0 heterocycles. The van der Waals surface area contributed by atoms with Crippen LogP contribution in [0.5, 0.6) is 5.75 Å². The first kappa shape index (κ1) is 22.5. The third kappa shape index (κ3) is 13.7. The average molecular weight is 365 g/mol. The summed E-state index contributed by atoms with van der Waals surface area (Å²) in [6.07, 6.45) is 11.8. The van der Waals surface area contributed by atoms with Gasteiger partial charge in [0.2, 0.25) is 0 Å². The van der Waals surface area contributed by atoms with E-state index >= 15 is 0 Å². The summed E-state index contributed by atoms with van der Waals surface area (Å²) in [5.74, 6) is 0.723. The van der Waals surface area contributed by atoms with Crippen LogP contribution in [0.1, 0.15) is 71.1 Å². The number of para-hydroxylation sites is 1. The van der Waals surface area contributed by atoms with Gasteiger partial charge in [0.05, 0.1) is 13.2 Å². The van der Waals surface area contributed by atoms with Gasteiger partial charge in [-0.2, -0.15) is 0 Å². The van der Waals surface area contributed by atoms with Crippen LogP contribution < -0.4 is 4.74 Å². The molecule has 0 atom stereocenters. The Balaban J connectivity index is 1.79. The molecule has 4 heteroatoms. The molecule has 0 unspecified atom stereocenters. The summed E-state index contributed by atoms with van der Waals surface area (Å²) in [6, 6.07) is 9.64. The standard InChI is InChI=1S/C22H36O4/c1-2-3-4-5-6-7-8-9-13-16-22(23)26-20-18-24-17-19-25-21-14-11-10-12-15-21/h10-12,14-15H,2-9,13,16-20H2,1H3. The number of benzene rings is 1. The Bertz CT molecular complexity index is 433. The van der Waals surface area contributed by atoms with Crippen LogP contribution in [0.15, 0.2) is 30.3 Å². The van der Waals surface area contributed by atoms with E-state index in [0.717, 1.165) is 18.6 Å². The van der Waals surface area contributed by atoms with Crippen molar-refractivity contribution in [3.05, 3.63) is 30.3 Å². The van der Waals surface area contributed by atoms with E-state index < -0.39 is 0 Å². The molecule has 0 spiro atoms. The fraction of sp³-hybridized carbons (Fsp3) is 0.682. The van der Waals surface area contributed by atoms with Crippen molar-refractivity contribution in [2.45, 2.75) is 71.1 Å². The zero-order valence-electron chi connectivity index (χ0n) is 16.4. The summed E-state index contributed by atoms with van der Waals surface area (Å²) >= 11 is 0. The van der Waals surface area contributed by atoms with E-state index in [9.17, 15) is 4.79 Å². The Hall–Kier alpha value is -1.55. The zero-order valence-corrected chi connectivity index (χ0v) is 16.4. The predicted octanol–water partition coefficient (Wildman–Crippen LogP) is 5.55. The summed E-state index contributed by atoms with van der Waals surface area (Å²) in [5.41, 5.74) is 0. The lowest BCUT2D eigenvalue weighted by molar-refractivity contribution is -0.145. The number of rotatable bonds is 17. The van der Waals surface area contributed by atoms with Crippen LogP contribution in [-0.4, -0.2) is 32.4 Å². The van der Waals surface area contributed by atoms with Crippen LogP contribution in [0, 0.1) is 0 Å². The van der Waals surface area contributed by atoms with Gasteiger partial charge in [-0.15, -0.1) is 0 Å². The van der Waals surface area contributed by atoms with Gasteiger partial charge in [0, 0.05) is 6.42 Å². The topological polar surface area (TPSA) is 44.8 Å². The Morgan fingerprint density at radius 1 is 0.769 bits per heavy atom. The first-order chi connectivity index (χ1) is 12.8. The van der Waals surface area contributed by atoms with E-state index in [-0.39, 0.29) is 5.97 Å². The molecule has 0 saturated heterocycles. The molecule has 0 aromatic heterocycles. The quantitative estimate of drug-likeness (QED) is 0.269. The maximum absolute atomic E-state index is 11.6. The van der Waals surface area contributed by atoms with Crippen molar-refractivity contribution < 1.29 is 19.0 Å². The number of hydrogen-bond donors (Lipinski definition) is 0. The molecular formula is C22H36O4. The van der Waals surface area contributed by atoms with Crippen molar-refractivity contribution in [3.63, 3.8) is 0 Å². The Morgan fingerprint density at radius 2 is 1.38 bits per heavy atom. The number of esters is 1. The summed E-state index contributed by atoms with van der Waals surface area (Å²) in [6.45, 7) is 3.97. The number of ether oxygens (including phenoxy) is 3. The largest absolute Gasteiger partial charge is 0.491 e.